The summed E-state index contributed by atoms with van der Waals surface area (Å²) in [6, 6.07) is -0.504. The van der Waals surface area contributed by atoms with E-state index in [2.05, 4.69) is 0 Å². The average Bonchev–Trinajstić information content (AvgIpc) is 2.74. The summed E-state index contributed by atoms with van der Waals surface area (Å²) in [5, 5.41) is 8.70. The van der Waals surface area contributed by atoms with Crippen molar-refractivity contribution in [1.29, 1.82) is 0 Å². The molecule has 1 saturated heterocycles. The van der Waals surface area contributed by atoms with E-state index in [1.165, 1.54) is 4.90 Å². The molecule has 0 aromatic carbocycles. The fraction of sp³-hybridized carbons (Fsp3) is 0.700. The van der Waals surface area contributed by atoms with Crippen molar-refractivity contribution in [2.24, 2.45) is 5.73 Å². The van der Waals surface area contributed by atoms with Crippen LogP contribution >= 0.6 is 0 Å². The first-order valence-corrected chi connectivity index (χ1v) is 5.50. The Kier molecular flexibility index (Phi) is 4.90. The number of ether oxygens (including phenoxy) is 1. The zero-order valence-corrected chi connectivity index (χ0v) is 10.2. The Labute approximate surface area is 104 Å². The summed E-state index contributed by atoms with van der Waals surface area (Å²) >= 11 is 0. The third-order valence-corrected chi connectivity index (χ3v) is 2.69. The number of carboxylic acid groups (broad SMARTS) is 1. The molecule has 1 aliphatic heterocycles. The average molecular weight is 259 g/mol. The number of likely N-dealkylation sites (tertiary alicyclic amines) is 1. The first-order valence-electron chi connectivity index (χ1n) is 5.50. The molecule has 0 radical (unpaired) electrons. The van der Waals surface area contributed by atoms with Crippen molar-refractivity contribution in [1.82, 2.24) is 9.80 Å². The molecule has 1 heterocycles. The number of primary amides is 1. The molecule has 0 bridgehead atoms. The van der Waals surface area contributed by atoms with Crippen LogP contribution in [0.25, 0.3) is 0 Å². The van der Waals surface area contributed by atoms with Gasteiger partial charge in [-0.2, -0.15) is 0 Å². The van der Waals surface area contributed by atoms with Gasteiger partial charge < -0.3 is 25.4 Å². The first-order chi connectivity index (χ1) is 8.43. The first kappa shape index (κ1) is 14.2. The summed E-state index contributed by atoms with van der Waals surface area (Å²) in [5.74, 6) is -1.93. The zero-order valence-electron chi connectivity index (χ0n) is 10.2. The molecule has 3 amide bonds. The molecule has 0 spiro atoms. The number of carbonyl (C=O) groups excluding carboxylic acids is 2. The van der Waals surface area contributed by atoms with Gasteiger partial charge in [0.1, 0.15) is 13.1 Å². The Morgan fingerprint density at radius 2 is 2.11 bits per heavy atom. The minimum Gasteiger partial charge on any atom is -0.480 e. The van der Waals surface area contributed by atoms with E-state index in [9.17, 15) is 14.4 Å². The number of amides is 3. The maximum atomic E-state index is 12.0. The molecule has 0 aromatic rings. The second kappa shape index (κ2) is 6.20. The smallest absolute Gasteiger partial charge is 0.323 e. The lowest BCUT2D eigenvalue weighted by Gasteiger charge is -2.25. The predicted molar refractivity (Wildman–Crippen MR) is 60.8 cm³/mol. The fourth-order valence-corrected chi connectivity index (χ4v) is 1.84. The van der Waals surface area contributed by atoms with E-state index in [0.29, 0.717) is 19.5 Å². The number of hydrogen-bond donors (Lipinski definition) is 2. The van der Waals surface area contributed by atoms with Crippen molar-refractivity contribution in [3.05, 3.63) is 0 Å². The van der Waals surface area contributed by atoms with Crippen LogP contribution in [0.4, 0.5) is 4.79 Å². The highest BCUT2D eigenvalue weighted by atomic mass is 16.5. The Hall–Kier alpha value is -1.83. The van der Waals surface area contributed by atoms with Gasteiger partial charge in [0.2, 0.25) is 5.91 Å². The molecule has 1 fully saturated rings. The maximum Gasteiger partial charge on any atom is 0.323 e. The highest BCUT2D eigenvalue weighted by molar-refractivity contribution is 5.86. The number of carboxylic acids is 1. The van der Waals surface area contributed by atoms with E-state index >= 15 is 0 Å². The van der Waals surface area contributed by atoms with E-state index in [0.717, 1.165) is 4.90 Å². The normalized spacial score (nSPS) is 18.7. The number of nitrogens with two attached hydrogens (primary N) is 1. The highest BCUT2D eigenvalue weighted by Gasteiger charge is 2.30. The molecule has 1 unspecified atom stereocenters. The molecule has 8 nitrogen and oxygen atoms in total. The summed E-state index contributed by atoms with van der Waals surface area (Å²) in [6.07, 6.45) is 0.647. The third-order valence-electron chi connectivity index (χ3n) is 2.69. The molecule has 0 aromatic heterocycles. The summed E-state index contributed by atoms with van der Waals surface area (Å²) in [5.41, 5.74) is 4.99. The fourth-order valence-electron chi connectivity index (χ4n) is 1.84. The van der Waals surface area contributed by atoms with Crippen LogP contribution in [0.15, 0.2) is 0 Å². The predicted octanol–water partition coefficient (Wildman–Crippen LogP) is -1.30. The number of hydrogen-bond acceptors (Lipinski definition) is 4. The summed E-state index contributed by atoms with van der Waals surface area (Å²) < 4.78 is 5.11. The molecule has 0 saturated carbocycles. The number of rotatable bonds is 5. The molecule has 1 aliphatic rings. The van der Waals surface area contributed by atoms with Gasteiger partial charge in [-0.1, -0.05) is 0 Å². The molecule has 3 N–H and O–H groups in total. The topological polar surface area (TPSA) is 113 Å². The van der Waals surface area contributed by atoms with Crippen LogP contribution in [-0.2, 0) is 14.3 Å². The van der Waals surface area contributed by atoms with Gasteiger partial charge in [-0.05, 0) is 6.42 Å². The van der Waals surface area contributed by atoms with Gasteiger partial charge in [0, 0.05) is 20.2 Å². The van der Waals surface area contributed by atoms with Gasteiger partial charge in [-0.15, -0.1) is 0 Å². The summed E-state index contributed by atoms with van der Waals surface area (Å²) in [6.45, 7) is -0.0777. The van der Waals surface area contributed by atoms with Crippen LogP contribution < -0.4 is 5.73 Å². The highest BCUT2D eigenvalue weighted by Crippen LogP contribution is 2.13. The van der Waals surface area contributed by atoms with Gasteiger partial charge in [-0.3, -0.25) is 9.59 Å². The summed E-state index contributed by atoms with van der Waals surface area (Å²) in [7, 11) is 1.55. The van der Waals surface area contributed by atoms with Crippen LogP contribution in [-0.4, -0.2) is 72.2 Å². The SMILES string of the molecule is COC1CCN(C(=O)N(CC(N)=O)CC(=O)O)C1. The molecule has 1 atom stereocenters. The third kappa shape index (κ3) is 3.88. The van der Waals surface area contributed by atoms with E-state index in [1.807, 2.05) is 0 Å². The quantitative estimate of drug-likeness (QED) is 0.637. The number of nitrogens with zero attached hydrogens (tertiary/aromatic N) is 2. The Bertz CT molecular complexity index is 330. The lowest BCUT2D eigenvalue weighted by atomic mass is 10.3. The van der Waals surface area contributed by atoms with E-state index in [-0.39, 0.29) is 6.10 Å². The van der Waals surface area contributed by atoms with Crippen molar-refractivity contribution in [2.45, 2.75) is 12.5 Å². The van der Waals surface area contributed by atoms with E-state index in [4.69, 9.17) is 15.6 Å². The van der Waals surface area contributed by atoms with E-state index in [1.54, 1.807) is 7.11 Å². The Morgan fingerprint density at radius 1 is 1.44 bits per heavy atom. The van der Waals surface area contributed by atoms with Crippen LogP contribution in [0, 0.1) is 0 Å². The second-order valence-electron chi connectivity index (χ2n) is 4.09. The van der Waals surface area contributed by atoms with Crippen molar-refractivity contribution in [3.8, 4) is 0 Å². The number of aliphatic carboxylic acids is 1. The van der Waals surface area contributed by atoms with Crippen LogP contribution in [0.5, 0.6) is 0 Å². The van der Waals surface area contributed by atoms with Crippen molar-refractivity contribution < 1.29 is 24.2 Å². The number of urea groups is 1. The minimum absolute atomic E-state index is 0.0470. The Balaban J connectivity index is 2.64. The zero-order chi connectivity index (χ0) is 13.7. The monoisotopic (exact) mass is 259 g/mol. The van der Waals surface area contributed by atoms with Gasteiger partial charge in [-0.25, -0.2) is 4.79 Å². The molecular weight excluding hydrogens is 242 g/mol. The molecular formula is C10H17N3O5. The summed E-state index contributed by atoms with van der Waals surface area (Å²) in [4.78, 5) is 35.8. The van der Waals surface area contributed by atoms with Gasteiger partial charge in [0.25, 0.3) is 0 Å². The lowest BCUT2D eigenvalue weighted by Crippen LogP contribution is -2.48. The molecule has 18 heavy (non-hydrogen) atoms. The number of carbonyl (C=O) groups is 3. The Morgan fingerprint density at radius 3 is 2.56 bits per heavy atom. The maximum absolute atomic E-state index is 12.0. The van der Waals surface area contributed by atoms with E-state index < -0.39 is 31.0 Å². The minimum atomic E-state index is -1.19. The van der Waals surface area contributed by atoms with Gasteiger partial charge in [0.05, 0.1) is 6.10 Å². The molecule has 0 aliphatic carbocycles. The van der Waals surface area contributed by atoms with Crippen molar-refractivity contribution >= 4 is 17.9 Å². The standard InChI is InChI=1S/C10H17N3O5/c1-18-7-2-3-12(4-7)10(17)13(5-8(11)14)6-9(15)16/h7H,2-6H2,1H3,(H2,11,14)(H,15,16). The van der Waals surface area contributed by atoms with Crippen molar-refractivity contribution in [2.75, 3.05) is 33.3 Å². The second-order valence-corrected chi connectivity index (χ2v) is 4.09. The number of methoxy groups -OCH3 is 1. The lowest BCUT2D eigenvalue weighted by molar-refractivity contribution is -0.138. The molecule has 102 valence electrons. The van der Waals surface area contributed by atoms with Gasteiger partial charge in [0.15, 0.2) is 0 Å². The van der Waals surface area contributed by atoms with Crippen LogP contribution in [0.1, 0.15) is 6.42 Å². The van der Waals surface area contributed by atoms with Crippen molar-refractivity contribution in [3.63, 3.8) is 0 Å². The largest absolute Gasteiger partial charge is 0.480 e. The molecule has 8 heteroatoms. The molecule has 1 rings (SSSR count). The van der Waals surface area contributed by atoms with Gasteiger partial charge >= 0.3 is 12.0 Å². The van der Waals surface area contributed by atoms with Crippen LogP contribution in [0.2, 0.25) is 0 Å². The van der Waals surface area contributed by atoms with Crippen LogP contribution in [0.3, 0.4) is 0 Å².